The zero-order valence-electron chi connectivity index (χ0n) is 11.6. The molecule has 1 nitrogen and oxygen atoms in total. The monoisotopic (exact) mass is 328 g/mol. The molecular weight excluding hydrogens is 307 g/mol. The van der Waals surface area contributed by atoms with Gasteiger partial charge < -0.3 is 5.11 Å². The lowest BCUT2D eigenvalue weighted by Gasteiger charge is -2.39. The Morgan fingerprint density at radius 2 is 2.21 bits per heavy atom. The van der Waals surface area contributed by atoms with Crippen molar-refractivity contribution in [3.8, 4) is 0 Å². The quantitative estimate of drug-likeness (QED) is 0.852. The van der Waals surface area contributed by atoms with Crippen LogP contribution in [0.5, 0.6) is 0 Å². The molecule has 0 amide bonds. The van der Waals surface area contributed by atoms with E-state index in [1.807, 2.05) is 0 Å². The van der Waals surface area contributed by atoms with E-state index in [0.29, 0.717) is 18.3 Å². The smallest absolute Gasteiger partial charge is 0.123 e. The van der Waals surface area contributed by atoms with Gasteiger partial charge in [-0.25, -0.2) is 4.39 Å². The predicted molar refractivity (Wildman–Crippen MR) is 79.5 cm³/mol. The van der Waals surface area contributed by atoms with Gasteiger partial charge in [0.1, 0.15) is 5.82 Å². The molecule has 1 saturated carbocycles. The number of halogens is 2. The summed E-state index contributed by atoms with van der Waals surface area (Å²) in [6, 6.07) is 4.69. The van der Waals surface area contributed by atoms with Crippen LogP contribution in [0.15, 0.2) is 22.7 Å². The van der Waals surface area contributed by atoms with Crippen molar-refractivity contribution in [2.45, 2.75) is 51.6 Å². The standard InChI is InChI=1S/C16H22BrFO/c1-11(2)12-4-3-7-16(19,9-12)10-13-8-14(18)5-6-15(13)17/h5-6,8,11-12,19H,3-4,7,9-10H2,1-2H3. The fraction of sp³-hybridized carbons (Fsp3) is 0.625. The molecule has 2 rings (SSSR count). The SMILES string of the molecule is CC(C)C1CCCC(O)(Cc2cc(F)ccc2Br)C1. The molecule has 19 heavy (non-hydrogen) atoms. The molecule has 2 unspecified atom stereocenters. The normalized spacial score (nSPS) is 27.8. The summed E-state index contributed by atoms with van der Waals surface area (Å²) >= 11 is 3.45. The van der Waals surface area contributed by atoms with E-state index in [9.17, 15) is 9.50 Å². The Hall–Kier alpha value is -0.410. The van der Waals surface area contributed by atoms with Crippen LogP contribution >= 0.6 is 15.9 Å². The van der Waals surface area contributed by atoms with Gasteiger partial charge in [-0.1, -0.05) is 36.2 Å². The number of rotatable bonds is 3. The van der Waals surface area contributed by atoms with Crippen molar-refractivity contribution in [3.05, 3.63) is 34.1 Å². The van der Waals surface area contributed by atoms with Crippen LogP contribution in [0.1, 0.15) is 45.1 Å². The van der Waals surface area contributed by atoms with E-state index >= 15 is 0 Å². The van der Waals surface area contributed by atoms with Crippen LogP contribution in [-0.2, 0) is 6.42 Å². The van der Waals surface area contributed by atoms with E-state index in [0.717, 1.165) is 29.3 Å². The summed E-state index contributed by atoms with van der Waals surface area (Å²) in [5.74, 6) is 0.937. The van der Waals surface area contributed by atoms with Gasteiger partial charge in [0.25, 0.3) is 0 Å². The lowest BCUT2D eigenvalue weighted by atomic mass is 9.71. The summed E-state index contributed by atoms with van der Waals surface area (Å²) in [4.78, 5) is 0. The molecule has 0 bridgehead atoms. The van der Waals surface area contributed by atoms with Crippen molar-refractivity contribution in [2.24, 2.45) is 11.8 Å². The fourth-order valence-corrected chi connectivity index (χ4v) is 3.54. The van der Waals surface area contributed by atoms with Crippen LogP contribution < -0.4 is 0 Å². The molecule has 1 aromatic rings. The first-order valence-electron chi connectivity index (χ1n) is 7.06. The van der Waals surface area contributed by atoms with E-state index in [-0.39, 0.29) is 5.82 Å². The van der Waals surface area contributed by atoms with Crippen LogP contribution in [0.25, 0.3) is 0 Å². The van der Waals surface area contributed by atoms with Gasteiger partial charge in [-0.15, -0.1) is 0 Å². The summed E-state index contributed by atoms with van der Waals surface area (Å²) in [5.41, 5.74) is 0.190. The molecule has 2 atom stereocenters. The van der Waals surface area contributed by atoms with Gasteiger partial charge in [-0.3, -0.25) is 0 Å². The Morgan fingerprint density at radius 1 is 1.47 bits per heavy atom. The largest absolute Gasteiger partial charge is 0.390 e. The zero-order valence-corrected chi connectivity index (χ0v) is 13.2. The first kappa shape index (κ1) is 15.0. The van der Waals surface area contributed by atoms with Crippen molar-refractivity contribution in [1.82, 2.24) is 0 Å². The molecular formula is C16H22BrFO. The molecule has 1 fully saturated rings. The van der Waals surface area contributed by atoms with Crippen LogP contribution in [0.4, 0.5) is 4.39 Å². The number of benzene rings is 1. The number of hydrogen-bond donors (Lipinski definition) is 1. The molecule has 0 saturated heterocycles. The lowest BCUT2D eigenvalue weighted by Crippen LogP contribution is -2.38. The minimum absolute atomic E-state index is 0.238. The molecule has 1 aliphatic carbocycles. The summed E-state index contributed by atoms with van der Waals surface area (Å²) in [7, 11) is 0. The molecule has 1 aliphatic rings. The molecule has 0 radical (unpaired) electrons. The van der Waals surface area contributed by atoms with E-state index in [1.54, 1.807) is 6.07 Å². The van der Waals surface area contributed by atoms with Gasteiger partial charge in [-0.2, -0.15) is 0 Å². The summed E-state index contributed by atoms with van der Waals surface area (Å²) < 4.78 is 14.2. The summed E-state index contributed by atoms with van der Waals surface area (Å²) in [6.45, 7) is 4.43. The van der Waals surface area contributed by atoms with Gasteiger partial charge in [0.2, 0.25) is 0 Å². The third kappa shape index (κ3) is 3.79. The minimum atomic E-state index is -0.677. The Labute approximate surface area is 123 Å². The highest BCUT2D eigenvalue weighted by molar-refractivity contribution is 9.10. The molecule has 0 aromatic heterocycles. The Morgan fingerprint density at radius 3 is 2.89 bits per heavy atom. The molecule has 0 aliphatic heterocycles. The fourth-order valence-electron chi connectivity index (χ4n) is 3.15. The highest BCUT2D eigenvalue weighted by Crippen LogP contribution is 2.39. The van der Waals surface area contributed by atoms with E-state index in [2.05, 4.69) is 29.8 Å². The van der Waals surface area contributed by atoms with Crippen molar-refractivity contribution in [1.29, 1.82) is 0 Å². The van der Waals surface area contributed by atoms with E-state index in [1.165, 1.54) is 18.6 Å². The van der Waals surface area contributed by atoms with E-state index < -0.39 is 5.60 Å². The lowest BCUT2D eigenvalue weighted by molar-refractivity contribution is -0.0241. The maximum atomic E-state index is 13.3. The Kier molecular flexibility index (Phi) is 4.67. The Balaban J connectivity index is 2.14. The number of aliphatic hydroxyl groups is 1. The van der Waals surface area contributed by atoms with Gasteiger partial charge in [0, 0.05) is 10.9 Å². The van der Waals surface area contributed by atoms with Crippen molar-refractivity contribution < 1.29 is 9.50 Å². The zero-order chi connectivity index (χ0) is 14.0. The van der Waals surface area contributed by atoms with Gasteiger partial charge in [-0.05, 0) is 54.9 Å². The maximum absolute atomic E-state index is 13.3. The third-order valence-corrected chi connectivity index (χ3v) is 5.10. The highest BCUT2D eigenvalue weighted by atomic mass is 79.9. The molecule has 0 heterocycles. The second-order valence-electron chi connectivity index (χ2n) is 6.24. The van der Waals surface area contributed by atoms with Gasteiger partial charge in [0.15, 0.2) is 0 Å². The Bertz CT molecular complexity index is 446. The first-order chi connectivity index (χ1) is 8.89. The minimum Gasteiger partial charge on any atom is -0.390 e. The van der Waals surface area contributed by atoms with E-state index in [4.69, 9.17) is 0 Å². The third-order valence-electron chi connectivity index (χ3n) is 4.33. The van der Waals surface area contributed by atoms with Crippen LogP contribution in [0.2, 0.25) is 0 Å². The molecule has 0 spiro atoms. The second-order valence-corrected chi connectivity index (χ2v) is 7.09. The average Bonchev–Trinajstić information content (AvgIpc) is 2.33. The second kappa shape index (κ2) is 5.92. The molecule has 106 valence electrons. The summed E-state index contributed by atoms with van der Waals surface area (Å²) in [6.07, 6.45) is 4.44. The summed E-state index contributed by atoms with van der Waals surface area (Å²) in [5, 5.41) is 10.8. The van der Waals surface area contributed by atoms with Crippen molar-refractivity contribution >= 4 is 15.9 Å². The first-order valence-corrected chi connectivity index (χ1v) is 7.85. The predicted octanol–water partition coefficient (Wildman–Crippen LogP) is 4.71. The van der Waals surface area contributed by atoms with Crippen LogP contribution in [0, 0.1) is 17.7 Å². The van der Waals surface area contributed by atoms with Crippen LogP contribution in [0.3, 0.4) is 0 Å². The van der Waals surface area contributed by atoms with Crippen molar-refractivity contribution in [3.63, 3.8) is 0 Å². The molecule has 1 aromatic carbocycles. The van der Waals surface area contributed by atoms with Crippen molar-refractivity contribution in [2.75, 3.05) is 0 Å². The topological polar surface area (TPSA) is 20.2 Å². The average molecular weight is 329 g/mol. The highest BCUT2D eigenvalue weighted by Gasteiger charge is 2.35. The molecule has 1 N–H and O–H groups in total. The molecule has 3 heteroatoms. The maximum Gasteiger partial charge on any atom is 0.123 e. The van der Waals surface area contributed by atoms with Gasteiger partial charge in [0.05, 0.1) is 5.60 Å². The van der Waals surface area contributed by atoms with Crippen LogP contribution in [-0.4, -0.2) is 10.7 Å². The number of hydrogen-bond acceptors (Lipinski definition) is 1. The van der Waals surface area contributed by atoms with Gasteiger partial charge >= 0.3 is 0 Å².